The zero-order valence-electron chi connectivity index (χ0n) is 14.5. The van der Waals surface area contributed by atoms with E-state index in [0.29, 0.717) is 0 Å². The van der Waals surface area contributed by atoms with E-state index in [1.807, 2.05) is 54.0 Å². The van der Waals surface area contributed by atoms with Crippen molar-refractivity contribution in [1.29, 1.82) is 0 Å². The lowest BCUT2D eigenvalue weighted by atomic mass is 10.1. The van der Waals surface area contributed by atoms with Crippen LogP contribution in [0.5, 0.6) is 17.2 Å². The number of benzene rings is 2. The van der Waals surface area contributed by atoms with Gasteiger partial charge in [-0.05, 0) is 30.3 Å². The highest BCUT2D eigenvalue weighted by Crippen LogP contribution is 2.36. The van der Waals surface area contributed by atoms with E-state index in [2.05, 4.69) is 16.8 Å². The Balaban J connectivity index is 1.57. The highest BCUT2D eigenvalue weighted by molar-refractivity contribution is 5.69. The second kappa shape index (κ2) is 5.56. The van der Waals surface area contributed by atoms with Crippen molar-refractivity contribution in [3.8, 4) is 39.8 Å². The number of fused-ring (bicyclic) bond motifs is 2. The second-order valence-corrected chi connectivity index (χ2v) is 6.21. The minimum Gasteiger partial charge on any atom is -0.497 e. The lowest BCUT2D eigenvalue weighted by molar-refractivity contribution is 0.174. The number of rotatable bonds is 3. The molecule has 0 amide bonds. The minimum atomic E-state index is 0.272. The van der Waals surface area contributed by atoms with Crippen molar-refractivity contribution in [2.45, 2.75) is 0 Å². The predicted octanol–water partition coefficient (Wildman–Crippen LogP) is 3.74. The molecule has 0 N–H and O–H groups in total. The Morgan fingerprint density at radius 1 is 1.00 bits per heavy atom. The second-order valence-electron chi connectivity index (χ2n) is 6.21. The van der Waals surface area contributed by atoms with E-state index < -0.39 is 0 Å². The zero-order chi connectivity index (χ0) is 17.7. The third kappa shape index (κ3) is 2.23. The van der Waals surface area contributed by atoms with Crippen molar-refractivity contribution >= 4 is 5.78 Å². The van der Waals surface area contributed by atoms with Crippen LogP contribution in [0.3, 0.4) is 0 Å². The van der Waals surface area contributed by atoms with Crippen molar-refractivity contribution in [3.05, 3.63) is 54.9 Å². The molecule has 6 heteroatoms. The summed E-state index contributed by atoms with van der Waals surface area (Å²) in [6, 6.07) is 13.9. The Morgan fingerprint density at radius 2 is 1.88 bits per heavy atom. The Labute approximate surface area is 150 Å². The van der Waals surface area contributed by atoms with Crippen LogP contribution in [0.15, 0.2) is 54.9 Å². The molecule has 4 aromatic rings. The molecule has 0 bridgehead atoms. The maximum absolute atomic E-state index is 5.46. The van der Waals surface area contributed by atoms with E-state index in [1.54, 1.807) is 7.11 Å². The van der Waals surface area contributed by atoms with E-state index in [4.69, 9.17) is 19.2 Å². The van der Waals surface area contributed by atoms with Gasteiger partial charge < -0.3 is 18.8 Å². The van der Waals surface area contributed by atoms with Crippen LogP contribution in [-0.4, -0.2) is 27.9 Å². The van der Waals surface area contributed by atoms with Crippen LogP contribution < -0.4 is 14.2 Å². The normalized spacial score (nSPS) is 12.7. The van der Waals surface area contributed by atoms with Gasteiger partial charge in [0, 0.05) is 30.6 Å². The summed E-state index contributed by atoms with van der Waals surface area (Å²) in [6.07, 6.45) is 4.10. The fourth-order valence-electron chi connectivity index (χ4n) is 3.30. The van der Waals surface area contributed by atoms with Gasteiger partial charge in [0.05, 0.1) is 18.5 Å². The number of hydrogen-bond acceptors (Lipinski definition) is 4. The number of aromatic nitrogens is 3. The van der Waals surface area contributed by atoms with Gasteiger partial charge in [0.2, 0.25) is 12.6 Å². The molecule has 2 aromatic heterocycles. The number of hydrogen-bond donors (Lipinski definition) is 0. The molecule has 1 aliphatic rings. The van der Waals surface area contributed by atoms with Gasteiger partial charge >= 0.3 is 0 Å². The zero-order valence-corrected chi connectivity index (χ0v) is 14.5. The number of aryl methyl sites for hydroxylation is 1. The van der Waals surface area contributed by atoms with E-state index in [9.17, 15) is 0 Å². The molecule has 3 heterocycles. The topological polar surface area (TPSA) is 49.9 Å². The summed E-state index contributed by atoms with van der Waals surface area (Å²) in [7, 11) is 3.69. The van der Waals surface area contributed by atoms with Crippen molar-refractivity contribution in [2.24, 2.45) is 7.05 Å². The molecule has 0 fully saturated rings. The third-order valence-corrected chi connectivity index (χ3v) is 4.67. The first-order valence-corrected chi connectivity index (χ1v) is 8.32. The quantitative estimate of drug-likeness (QED) is 0.566. The highest BCUT2D eigenvalue weighted by Gasteiger charge is 2.17. The van der Waals surface area contributed by atoms with E-state index in [0.717, 1.165) is 45.5 Å². The van der Waals surface area contributed by atoms with Crippen LogP contribution in [-0.2, 0) is 7.05 Å². The van der Waals surface area contributed by atoms with Crippen molar-refractivity contribution < 1.29 is 14.2 Å². The van der Waals surface area contributed by atoms with Gasteiger partial charge in [0.1, 0.15) is 5.75 Å². The highest BCUT2D eigenvalue weighted by atomic mass is 16.7. The number of imidazole rings is 2. The molecule has 5 rings (SSSR count). The molecular weight excluding hydrogens is 330 g/mol. The van der Waals surface area contributed by atoms with E-state index >= 15 is 0 Å². The fraction of sp³-hybridized carbons (Fsp3) is 0.150. The Morgan fingerprint density at radius 3 is 2.73 bits per heavy atom. The van der Waals surface area contributed by atoms with Crippen LogP contribution in [0.25, 0.3) is 28.3 Å². The minimum absolute atomic E-state index is 0.272. The average molecular weight is 347 g/mol. The van der Waals surface area contributed by atoms with Crippen LogP contribution in [0.4, 0.5) is 0 Å². The number of nitrogens with zero attached hydrogens (tertiary/aromatic N) is 3. The van der Waals surface area contributed by atoms with Crippen LogP contribution in [0.2, 0.25) is 0 Å². The summed E-state index contributed by atoms with van der Waals surface area (Å²) in [5, 5.41) is 0. The first-order chi connectivity index (χ1) is 12.7. The Hall–Kier alpha value is -3.41. The maximum atomic E-state index is 5.46. The van der Waals surface area contributed by atoms with Crippen LogP contribution in [0, 0.1) is 0 Å². The van der Waals surface area contributed by atoms with Gasteiger partial charge in [0.25, 0.3) is 0 Å². The van der Waals surface area contributed by atoms with Gasteiger partial charge in [0.15, 0.2) is 11.5 Å². The number of ether oxygens (including phenoxy) is 3. The first-order valence-electron chi connectivity index (χ1n) is 8.32. The molecule has 0 aliphatic carbocycles. The third-order valence-electron chi connectivity index (χ3n) is 4.67. The van der Waals surface area contributed by atoms with Crippen LogP contribution in [0.1, 0.15) is 0 Å². The summed E-state index contributed by atoms with van der Waals surface area (Å²) in [4.78, 5) is 4.80. The van der Waals surface area contributed by atoms with E-state index in [1.165, 1.54) is 0 Å². The standard InChI is InChI=1S/C20H17N3O3/c1-22-17(14-4-3-5-15(8-14)24-2)11-23-10-16(21-20(22)23)13-6-7-18-19(9-13)26-12-25-18/h3-11H,12H2,1-2H3. The SMILES string of the molecule is COc1cccc(-c2cn3cc(-c4ccc5c(c4)OCO5)nc3n2C)c1. The smallest absolute Gasteiger partial charge is 0.231 e. The molecule has 2 aromatic carbocycles. The maximum Gasteiger partial charge on any atom is 0.231 e. The summed E-state index contributed by atoms with van der Waals surface area (Å²) in [5.74, 6) is 3.24. The number of methoxy groups -OCH3 is 1. The van der Waals surface area contributed by atoms with Gasteiger partial charge in [-0.1, -0.05) is 12.1 Å². The van der Waals surface area contributed by atoms with Crippen molar-refractivity contribution in [1.82, 2.24) is 14.0 Å². The molecule has 130 valence electrons. The monoisotopic (exact) mass is 347 g/mol. The van der Waals surface area contributed by atoms with Crippen molar-refractivity contribution in [2.75, 3.05) is 13.9 Å². The largest absolute Gasteiger partial charge is 0.497 e. The summed E-state index contributed by atoms with van der Waals surface area (Å²) < 4.78 is 20.3. The van der Waals surface area contributed by atoms with Gasteiger partial charge in [-0.3, -0.25) is 4.40 Å². The predicted molar refractivity (Wildman–Crippen MR) is 97.7 cm³/mol. The van der Waals surface area contributed by atoms with Gasteiger partial charge in [-0.2, -0.15) is 0 Å². The fourth-order valence-corrected chi connectivity index (χ4v) is 3.30. The van der Waals surface area contributed by atoms with Gasteiger partial charge in [-0.15, -0.1) is 0 Å². The molecule has 0 radical (unpaired) electrons. The Bertz CT molecular complexity index is 1130. The molecule has 6 nitrogen and oxygen atoms in total. The molecular formula is C20H17N3O3. The van der Waals surface area contributed by atoms with Crippen molar-refractivity contribution in [3.63, 3.8) is 0 Å². The van der Waals surface area contributed by atoms with E-state index in [-0.39, 0.29) is 6.79 Å². The lowest BCUT2D eigenvalue weighted by Crippen LogP contribution is -1.93. The molecule has 0 spiro atoms. The molecule has 0 unspecified atom stereocenters. The first kappa shape index (κ1) is 14.9. The van der Waals surface area contributed by atoms with Crippen LogP contribution >= 0.6 is 0 Å². The molecule has 1 aliphatic heterocycles. The summed E-state index contributed by atoms with van der Waals surface area (Å²) in [6.45, 7) is 0.272. The molecule has 0 saturated heterocycles. The lowest BCUT2D eigenvalue weighted by Gasteiger charge is -2.05. The summed E-state index contributed by atoms with van der Waals surface area (Å²) >= 11 is 0. The molecule has 26 heavy (non-hydrogen) atoms. The summed E-state index contributed by atoms with van der Waals surface area (Å²) in [5.41, 5.74) is 4.05. The average Bonchev–Trinajstić information content (AvgIpc) is 3.37. The van der Waals surface area contributed by atoms with Gasteiger partial charge in [-0.25, -0.2) is 4.98 Å². The Kier molecular flexibility index (Phi) is 3.18. The molecule has 0 atom stereocenters. The molecule has 0 saturated carbocycles.